The Kier molecular flexibility index (Phi) is 4.10. The number of para-hydroxylation sites is 1. The number of hydrogen-bond donors (Lipinski definition) is 1. The van der Waals surface area contributed by atoms with Gasteiger partial charge in [0, 0.05) is 22.9 Å². The van der Waals surface area contributed by atoms with Gasteiger partial charge in [0.05, 0.1) is 5.70 Å². The van der Waals surface area contributed by atoms with Crippen LogP contribution in [0.5, 0.6) is 0 Å². The lowest BCUT2D eigenvalue weighted by Gasteiger charge is -2.40. The van der Waals surface area contributed by atoms with Gasteiger partial charge >= 0.3 is 0 Å². The summed E-state index contributed by atoms with van der Waals surface area (Å²) in [5.74, 6) is 2.94. The molecule has 1 N–H and O–H groups in total. The maximum absolute atomic E-state index is 5.03. The highest BCUT2D eigenvalue weighted by Crippen LogP contribution is 2.43. The van der Waals surface area contributed by atoms with E-state index in [1.54, 1.807) is 0 Å². The van der Waals surface area contributed by atoms with Gasteiger partial charge in [-0.1, -0.05) is 52.1 Å². The Balaban J connectivity index is 1.80. The standard InChI is InChI=1S/C23H27N3/c1-14(2)23-25-22-21(17(5)26(23)18-9-7-6-8-10-18)16(4)19-12-11-15(3)13-20(19)24-22/h6-10,14-15,24H,4-5,11-13H2,1-3H3. The van der Waals surface area contributed by atoms with Gasteiger partial charge in [0.1, 0.15) is 11.7 Å². The van der Waals surface area contributed by atoms with Gasteiger partial charge in [0.15, 0.2) is 0 Å². The molecule has 0 amide bonds. The second kappa shape index (κ2) is 6.31. The quantitative estimate of drug-likeness (QED) is 0.764. The first-order valence-corrected chi connectivity index (χ1v) is 9.53. The molecule has 2 aliphatic heterocycles. The summed E-state index contributed by atoms with van der Waals surface area (Å²) in [6, 6.07) is 10.4. The van der Waals surface area contributed by atoms with E-state index in [-0.39, 0.29) is 5.92 Å². The van der Waals surface area contributed by atoms with Crippen molar-refractivity contribution in [2.45, 2.75) is 40.0 Å². The van der Waals surface area contributed by atoms with Crippen molar-refractivity contribution in [3.05, 3.63) is 77.4 Å². The van der Waals surface area contributed by atoms with Crippen LogP contribution in [0.1, 0.15) is 40.0 Å². The summed E-state index contributed by atoms with van der Waals surface area (Å²) in [5.41, 5.74) is 6.89. The number of dihydropyridines is 1. The number of benzene rings is 1. The Morgan fingerprint density at radius 3 is 2.62 bits per heavy atom. The Bertz CT molecular complexity index is 868. The smallest absolute Gasteiger partial charge is 0.142 e. The molecule has 134 valence electrons. The molecule has 1 aromatic rings. The largest absolute Gasteiger partial charge is 0.343 e. The number of aliphatic imine (C=N–C) groups is 1. The Hall–Kier alpha value is -2.55. The van der Waals surface area contributed by atoms with Crippen LogP contribution in [-0.4, -0.2) is 5.84 Å². The summed E-state index contributed by atoms with van der Waals surface area (Å²) in [7, 11) is 0. The predicted octanol–water partition coefficient (Wildman–Crippen LogP) is 5.52. The Labute approximate surface area is 156 Å². The molecular formula is C23H27N3. The molecule has 2 heterocycles. The number of hydrogen-bond acceptors (Lipinski definition) is 3. The van der Waals surface area contributed by atoms with Crippen molar-refractivity contribution in [3.63, 3.8) is 0 Å². The number of nitrogens with zero attached hydrogens (tertiary/aromatic N) is 2. The zero-order valence-electron chi connectivity index (χ0n) is 16.0. The molecule has 0 radical (unpaired) electrons. The average Bonchev–Trinajstić information content (AvgIpc) is 2.61. The molecule has 0 spiro atoms. The van der Waals surface area contributed by atoms with Crippen LogP contribution in [0.4, 0.5) is 5.69 Å². The van der Waals surface area contributed by atoms with E-state index < -0.39 is 0 Å². The van der Waals surface area contributed by atoms with E-state index in [0.717, 1.165) is 47.0 Å². The fraction of sp³-hybridized carbons (Fsp3) is 0.348. The molecule has 4 rings (SSSR count). The van der Waals surface area contributed by atoms with Crippen LogP contribution in [-0.2, 0) is 0 Å². The lowest BCUT2D eigenvalue weighted by molar-refractivity contribution is 0.479. The summed E-state index contributed by atoms with van der Waals surface area (Å²) < 4.78 is 0. The van der Waals surface area contributed by atoms with E-state index in [1.807, 2.05) is 6.07 Å². The first-order chi connectivity index (χ1) is 12.5. The third kappa shape index (κ3) is 2.63. The Morgan fingerprint density at radius 1 is 1.19 bits per heavy atom. The van der Waals surface area contributed by atoms with Gasteiger partial charge in [-0.25, -0.2) is 4.99 Å². The van der Waals surface area contributed by atoms with Gasteiger partial charge in [-0.2, -0.15) is 0 Å². The highest BCUT2D eigenvalue weighted by molar-refractivity contribution is 6.05. The molecule has 1 unspecified atom stereocenters. The van der Waals surface area contributed by atoms with Crippen molar-refractivity contribution in [2.75, 3.05) is 4.90 Å². The van der Waals surface area contributed by atoms with E-state index in [0.29, 0.717) is 5.92 Å². The van der Waals surface area contributed by atoms with Crippen LogP contribution in [0.2, 0.25) is 0 Å². The zero-order valence-corrected chi connectivity index (χ0v) is 16.0. The lowest BCUT2D eigenvalue weighted by atomic mass is 9.80. The highest BCUT2D eigenvalue weighted by Gasteiger charge is 2.35. The summed E-state index contributed by atoms with van der Waals surface area (Å²) >= 11 is 0. The van der Waals surface area contributed by atoms with E-state index in [4.69, 9.17) is 4.99 Å². The van der Waals surface area contributed by atoms with Crippen LogP contribution >= 0.6 is 0 Å². The van der Waals surface area contributed by atoms with Gasteiger partial charge in [-0.15, -0.1) is 0 Å². The van der Waals surface area contributed by atoms with Crippen LogP contribution < -0.4 is 10.2 Å². The van der Waals surface area contributed by atoms with Crippen molar-refractivity contribution < 1.29 is 0 Å². The first-order valence-electron chi connectivity index (χ1n) is 9.53. The molecule has 0 bridgehead atoms. The molecule has 1 atom stereocenters. The van der Waals surface area contributed by atoms with E-state index in [1.165, 1.54) is 17.7 Å². The summed E-state index contributed by atoms with van der Waals surface area (Å²) in [5, 5.41) is 3.63. The second-order valence-corrected chi connectivity index (χ2v) is 7.87. The molecule has 3 heteroatoms. The van der Waals surface area contributed by atoms with Crippen molar-refractivity contribution in [1.82, 2.24) is 5.32 Å². The minimum absolute atomic E-state index is 0.289. The molecule has 0 aromatic heterocycles. The van der Waals surface area contributed by atoms with Crippen molar-refractivity contribution in [3.8, 4) is 0 Å². The molecule has 0 saturated heterocycles. The lowest BCUT2D eigenvalue weighted by Crippen LogP contribution is -2.41. The van der Waals surface area contributed by atoms with Crippen molar-refractivity contribution in [2.24, 2.45) is 16.8 Å². The molecule has 26 heavy (non-hydrogen) atoms. The number of anilines is 1. The van der Waals surface area contributed by atoms with Crippen LogP contribution in [0, 0.1) is 11.8 Å². The number of rotatable bonds is 2. The van der Waals surface area contributed by atoms with E-state index in [2.05, 4.69) is 68.4 Å². The fourth-order valence-corrected chi connectivity index (χ4v) is 4.14. The van der Waals surface area contributed by atoms with Gasteiger partial charge in [0.2, 0.25) is 0 Å². The molecule has 0 saturated carbocycles. The number of nitrogens with one attached hydrogen (secondary N) is 1. The molecule has 3 aliphatic rings. The van der Waals surface area contributed by atoms with Gasteiger partial charge in [-0.05, 0) is 48.5 Å². The van der Waals surface area contributed by atoms with E-state index >= 15 is 0 Å². The Morgan fingerprint density at radius 2 is 1.92 bits per heavy atom. The van der Waals surface area contributed by atoms with E-state index in [9.17, 15) is 0 Å². The third-order valence-corrected chi connectivity index (χ3v) is 5.52. The third-order valence-electron chi connectivity index (χ3n) is 5.52. The van der Waals surface area contributed by atoms with Crippen molar-refractivity contribution in [1.29, 1.82) is 0 Å². The minimum atomic E-state index is 0.289. The fourth-order valence-electron chi connectivity index (χ4n) is 4.14. The minimum Gasteiger partial charge on any atom is -0.343 e. The highest BCUT2D eigenvalue weighted by atomic mass is 15.3. The molecule has 1 aromatic carbocycles. The van der Waals surface area contributed by atoms with Crippen molar-refractivity contribution >= 4 is 11.5 Å². The SMILES string of the molecule is C=C1C2=C(CC(C)CC2)NC2=C1C(=C)N(c1ccccc1)C(C(C)C)=N2. The molecule has 1 aliphatic carbocycles. The predicted molar refractivity (Wildman–Crippen MR) is 110 cm³/mol. The van der Waals surface area contributed by atoms with Gasteiger partial charge in [0.25, 0.3) is 0 Å². The maximum atomic E-state index is 5.03. The monoisotopic (exact) mass is 345 g/mol. The zero-order chi connectivity index (χ0) is 18.4. The number of allylic oxidation sites excluding steroid dienone is 3. The topological polar surface area (TPSA) is 27.6 Å². The van der Waals surface area contributed by atoms with Gasteiger partial charge in [-0.3, -0.25) is 4.90 Å². The summed E-state index contributed by atoms with van der Waals surface area (Å²) in [6.45, 7) is 15.6. The normalized spacial score (nSPS) is 23.0. The molecule has 0 fully saturated rings. The van der Waals surface area contributed by atoms with Crippen LogP contribution in [0.15, 0.2) is 82.4 Å². The average molecular weight is 345 g/mol. The summed E-state index contributed by atoms with van der Waals surface area (Å²) in [6.07, 6.45) is 3.38. The molecule has 3 nitrogen and oxygen atoms in total. The van der Waals surface area contributed by atoms with Gasteiger partial charge < -0.3 is 5.32 Å². The number of amidine groups is 1. The van der Waals surface area contributed by atoms with Crippen LogP contribution in [0.25, 0.3) is 0 Å². The van der Waals surface area contributed by atoms with Crippen LogP contribution in [0.3, 0.4) is 0 Å². The maximum Gasteiger partial charge on any atom is 0.142 e. The summed E-state index contributed by atoms with van der Waals surface area (Å²) in [4.78, 5) is 7.22. The second-order valence-electron chi connectivity index (χ2n) is 7.87. The molecular weight excluding hydrogens is 318 g/mol. The first kappa shape index (κ1) is 16.9.